The molecule has 0 aromatic rings. The van der Waals surface area contributed by atoms with Crippen LogP contribution in [0.25, 0.3) is 0 Å². The van der Waals surface area contributed by atoms with Crippen LogP contribution in [0.2, 0.25) is 0 Å². The molecule has 0 heterocycles. The third-order valence-corrected chi connectivity index (χ3v) is 1.50. The fraction of sp³-hybridized carbons (Fsp3) is 0.444. The molecule has 0 aliphatic heterocycles. The molecule has 92 valence electrons. The summed E-state index contributed by atoms with van der Waals surface area (Å²) >= 11 is 0. The van der Waals surface area contributed by atoms with E-state index in [9.17, 15) is 9.59 Å². The van der Waals surface area contributed by atoms with Crippen LogP contribution in [-0.2, 0) is 14.3 Å². The van der Waals surface area contributed by atoms with Crippen molar-refractivity contribution in [3.63, 3.8) is 0 Å². The van der Waals surface area contributed by atoms with Gasteiger partial charge in [-0.25, -0.2) is 10.2 Å². The van der Waals surface area contributed by atoms with Gasteiger partial charge in [0.1, 0.15) is 6.42 Å². The topological polar surface area (TPSA) is 124 Å². The molecule has 0 aliphatic rings. The number of carbonyl (C=O) groups excluding carboxylic acids is 2. The number of hydrogen-bond acceptors (Lipinski definition) is 7. The van der Waals surface area contributed by atoms with Crippen LogP contribution in [0.1, 0.15) is 20.3 Å². The zero-order valence-corrected chi connectivity index (χ0v) is 9.43. The maximum absolute atomic E-state index is 11.2. The second-order valence-corrected chi connectivity index (χ2v) is 2.74. The number of rotatable bonds is 5. The van der Waals surface area contributed by atoms with Gasteiger partial charge in [-0.1, -0.05) is 5.16 Å². The molecule has 0 atom stereocenters. The number of esters is 1. The lowest BCUT2D eigenvalue weighted by atomic mass is 10.2. The highest BCUT2D eigenvalue weighted by Gasteiger charge is 2.17. The van der Waals surface area contributed by atoms with Crippen molar-refractivity contribution in [2.45, 2.75) is 20.3 Å². The predicted molar refractivity (Wildman–Crippen MR) is 57.3 cm³/mol. The lowest BCUT2D eigenvalue weighted by Gasteiger charge is -2.03. The maximum Gasteiger partial charge on any atom is 0.362 e. The molecule has 0 radical (unpaired) electrons. The van der Waals surface area contributed by atoms with Crippen LogP contribution in [0.15, 0.2) is 10.3 Å². The summed E-state index contributed by atoms with van der Waals surface area (Å²) in [5.41, 5.74) is 1.58. The Bertz CT molecular complexity index is 394. The van der Waals surface area contributed by atoms with Crippen molar-refractivity contribution in [3.8, 4) is 6.07 Å². The van der Waals surface area contributed by atoms with E-state index < -0.39 is 17.6 Å². The number of hydrogen-bond donors (Lipinski definition) is 2. The largest absolute Gasteiger partial charge is 0.461 e. The molecule has 0 aromatic carbocycles. The SMILES string of the molecule is CCOC(=O)C(=N/O)/C(C)=N/NC(=O)CC#N. The molecule has 0 bridgehead atoms. The van der Waals surface area contributed by atoms with E-state index in [2.05, 4.69) is 15.0 Å². The van der Waals surface area contributed by atoms with E-state index in [-0.39, 0.29) is 18.7 Å². The van der Waals surface area contributed by atoms with Gasteiger partial charge < -0.3 is 9.94 Å². The van der Waals surface area contributed by atoms with Gasteiger partial charge in [-0.15, -0.1) is 0 Å². The van der Waals surface area contributed by atoms with Gasteiger partial charge in [0.05, 0.1) is 18.4 Å². The average molecular weight is 240 g/mol. The normalized spacial score (nSPS) is 11.6. The fourth-order valence-corrected chi connectivity index (χ4v) is 0.771. The van der Waals surface area contributed by atoms with Crippen LogP contribution in [0.3, 0.4) is 0 Å². The second kappa shape index (κ2) is 7.81. The third kappa shape index (κ3) is 5.27. The lowest BCUT2D eigenvalue weighted by Crippen LogP contribution is -2.28. The summed E-state index contributed by atoms with van der Waals surface area (Å²) in [6.07, 6.45) is -0.359. The number of hydrazone groups is 1. The molecule has 0 saturated carbocycles. The van der Waals surface area contributed by atoms with Crippen molar-refractivity contribution < 1.29 is 19.5 Å². The van der Waals surface area contributed by atoms with Crippen molar-refractivity contribution in [1.29, 1.82) is 5.26 Å². The van der Waals surface area contributed by atoms with Gasteiger partial charge in [-0.3, -0.25) is 4.79 Å². The summed E-state index contributed by atoms with van der Waals surface area (Å²) in [7, 11) is 0. The quantitative estimate of drug-likeness (QED) is 0.297. The van der Waals surface area contributed by atoms with E-state index in [1.165, 1.54) is 6.92 Å². The summed E-state index contributed by atoms with van der Waals surface area (Å²) in [4.78, 5) is 22.1. The van der Waals surface area contributed by atoms with Crippen LogP contribution in [0, 0.1) is 11.3 Å². The Balaban J connectivity index is 4.61. The number of amides is 1. The van der Waals surface area contributed by atoms with E-state index in [1.54, 1.807) is 13.0 Å². The first kappa shape index (κ1) is 14.6. The fourth-order valence-electron chi connectivity index (χ4n) is 0.771. The van der Waals surface area contributed by atoms with Crippen LogP contribution >= 0.6 is 0 Å². The first-order valence-corrected chi connectivity index (χ1v) is 4.66. The minimum absolute atomic E-state index is 0.0303. The van der Waals surface area contributed by atoms with E-state index in [1.807, 2.05) is 5.43 Å². The van der Waals surface area contributed by atoms with Crippen molar-refractivity contribution >= 4 is 23.3 Å². The molecule has 0 spiro atoms. The minimum Gasteiger partial charge on any atom is -0.461 e. The van der Waals surface area contributed by atoms with Gasteiger partial charge in [-0.2, -0.15) is 10.4 Å². The number of nitrogens with one attached hydrogen (secondary N) is 1. The first-order valence-electron chi connectivity index (χ1n) is 4.66. The number of nitriles is 1. The Morgan fingerprint density at radius 3 is 2.65 bits per heavy atom. The molecular formula is C9H12N4O4. The van der Waals surface area contributed by atoms with Crippen molar-refractivity contribution in [1.82, 2.24) is 5.43 Å². The number of oxime groups is 1. The molecule has 8 heteroatoms. The van der Waals surface area contributed by atoms with E-state index in [0.29, 0.717) is 0 Å². The Morgan fingerprint density at radius 1 is 1.53 bits per heavy atom. The molecular weight excluding hydrogens is 228 g/mol. The molecule has 2 N–H and O–H groups in total. The Labute approximate surface area is 97.5 Å². The van der Waals surface area contributed by atoms with Gasteiger partial charge in [0.15, 0.2) is 0 Å². The molecule has 0 rings (SSSR count). The van der Waals surface area contributed by atoms with Crippen molar-refractivity contribution in [2.24, 2.45) is 10.3 Å². The first-order chi connectivity index (χ1) is 8.06. The summed E-state index contributed by atoms with van der Waals surface area (Å²) in [5.74, 6) is -1.49. The molecule has 0 aromatic heterocycles. The van der Waals surface area contributed by atoms with E-state index in [4.69, 9.17) is 10.5 Å². The van der Waals surface area contributed by atoms with Crippen molar-refractivity contribution in [2.75, 3.05) is 6.61 Å². The Morgan fingerprint density at radius 2 is 2.18 bits per heavy atom. The van der Waals surface area contributed by atoms with Crippen LogP contribution < -0.4 is 5.43 Å². The molecule has 0 saturated heterocycles. The van der Waals surface area contributed by atoms with Gasteiger partial charge in [0.25, 0.3) is 5.91 Å². The maximum atomic E-state index is 11.2. The molecule has 0 unspecified atom stereocenters. The lowest BCUT2D eigenvalue weighted by molar-refractivity contribution is -0.135. The van der Waals surface area contributed by atoms with Crippen LogP contribution in [-0.4, -0.2) is 35.1 Å². The Kier molecular flexibility index (Phi) is 6.69. The minimum atomic E-state index is -0.856. The highest BCUT2D eigenvalue weighted by molar-refractivity contribution is 6.65. The number of ether oxygens (including phenoxy) is 1. The molecule has 1 amide bonds. The number of carbonyl (C=O) groups is 2. The summed E-state index contributed by atoms with van der Waals surface area (Å²) in [5, 5.41) is 23.0. The van der Waals surface area contributed by atoms with Crippen LogP contribution in [0.5, 0.6) is 0 Å². The monoisotopic (exact) mass is 240 g/mol. The molecule has 17 heavy (non-hydrogen) atoms. The zero-order valence-electron chi connectivity index (χ0n) is 9.43. The summed E-state index contributed by atoms with van der Waals surface area (Å²) < 4.78 is 4.59. The van der Waals surface area contributed by atoms with Gasteiger partial charge in [-0.05, 0) is 13.8 Å². The zero-order chi connectivity index (χ0) is 13.3. The van der Waals surface area contributed by atoms with Crippen molar-refractivity contribution in [3.05, 3.63) is 0 Å². The molecule has 0 aliphatic carbocycles. The van der Waals surface area contributed by atoms with Crippen LogP contribution in [0.4, 0.5) is 0 Å². The standard InChI is InChI=1S/C9H12N4O4/c1-3-17-9(15)8(13-16)6(2)11-12-7(14)4-5-10/h16H,3-4H2,1-2H3,(H,12,14)/b11-6+,13-8+. The Hall–Kier alpha value is -2.43. The highest BCUT2D eigenvalue weighted by atomic mass is 16.5. The van der Waals surface area contributed by atoms with Gasteiger partial charge in [0.2, 0.25) is 5.71 Å². The highest BCUT2D eigenvalue weighted by Crippen LogP contribution is 1.89. The number of nitrogens with zero attached hydrogens (tertiary/aromatic N) is 3. The second-order valence-electron chi connectivity index (χ2n) is 2.74. The molecule has 0 fully saturated rings. The predicted octanol–water partition coefficient (Wildman–Crippen LogP) is -0.215. The average Bonchev–Trinajstić information content (AvgIpc) is 2.28. The van der Waals surface area contributed by atoms with Gasteiger partial charge in [0, 0.05) is 0 Å². The van der Waals surface area contributed by atoms with E-state index >= 15 is 0 Å². The summed E-state index contributed by atoms with van der Waals surface area (Å²) in [6.45, 7) is 3.05. The van der Waals surface area contributed by atoms with E-state index in [0.717, 1.165) is 0 Å². The summed E-state index contributed by atoms with van der Waals surface area (Å²) in [6, 6.07) is 1.62. The third-order valence-electron chi connectivity index (χ3n) is 1.50. The molecule has 8 nitrogen and oxygen atoms in total. The smallest absolute Gasteiger partial charge is 0.362 e. The van der Waals surface area contributed by atoms with Gasteiger partial charge >= 0.3 is 5.97 Å².